The maximum Gasteiger partial charge on any atom is 0.120 e. The summed E-state index contributed by atoms with van der Waals surface area (Å²) in [4.78, 5) is 4.37. The summed E-state index contributed by atoms with van der Waals surface area (Å²) in [5, 5.41) is 13.7. The SMILES string of the molecule is CCOc1ccc2ncc(C#N)c(Nc3cccc(CC)c3)c2c1. The fourth-order valence-electron chi connectivity index (χ4n) is 2.66. The second kappa shape index (κ2) is 7.01. The van der Waals surface area contributed by atoms with Crippen LogP contribution < -0.4 is 10.1 Å². The molecule has 0 saturated heterocycles. The number of nitrogens with one attached hydrogen (secondary N) is 1. The summed E-state index contributed by atoms with van der Waals surface area (Å²) in [5.41, 5.74) is 4.30. The van der Waals surface area contributed by atoms with Crippen LogP contribution in [0.15, 0.2) is 48.7 Å². The minimum atomic E-state index is 0.512. The number of hydrogen-bond acceptors (Lipinski definition) is 4. The zero-order valence-electron chi connectivity index (χ0n) is 13.8. The topological polar surface area (TPSA) is 57.9 Å². The van der Waals surface area contributed by atoms with Gasteiger partial charge in [-0.05, 0) is 49.2 Å². The normalized spacial score (nSPS) is 10.4. The predicted molar refractivity (Wildman–Crippen MR) is 96.7 cm³/mol. The average molecular weight is 317 g/mol. The van der Waals surface area contributed by atoms with Crippen molar-refractivity contribution in [2.75, 3.05) is 11.9 Å². The van der Waals surface area contributed by atoms with Crippen LogP contribution >= 0.6 is 0 Å². The highest BCUT2D eigenvalue weighted by molar-refractivity contribution is 5.96. The largest absolute Gasteiger partial charge is 0.494 e. The number of aryl methyl sites for hydroxylation is 1. The molecular weight excluding hydrogens is 298 g/mol. The molecule has 24 heavy (non-hydrogen) atoms. The Morgan fingerprint density at radius 3 is 2.79 bits per heavy atom. The van der Waals surface area contributed by atoms with E-state index in [0.717, 1.165) is 34.4 Å². The fourth-order valence-corrected chi connectivity index (χ4v) is 2.66. The highest BCUT2D eigenvalue weighted by Crippen LogP contribution is 2.31. The molecule has 0 aliphatic rings. The quantitative estimate of drug-likeness (QED) is 0.733. The molecule has 1 heterocycles. The summed E-state index contributed by atoms with van der Waals surface area (Å²) in [6, 6.07) is 16.2. The molecular formula is C20H19N3O. The molecule has 0 fully saturated rings. The van der Waals surface area contributed by atoms with Gasteiger partial charge in [0.1, 0.15) is 11.8 Å². The lowest BCUT2D eigenvalue weighted by Gasteiger charge is -2.13. The van der Waals surface area contributed by atoms with Gasteiger partial charge in [-0.15, -0.1) is 0 Å². The number of ether oxygens (including phenoxy) is 1. The van der Waals surface area contributed by atoms with Gasteiger partial charge in [-0.3, -0.25) is 4.98 Å². The molecule has 3 aromatic rings. The van der Waals surface area contributed by atoms with Gasteiger partial charge in [-0.25, -0.2) is 0 Å². The number of nitriles is 1. The highest BCUT2D eigenvalue weighted by Gasteiger charge is 2.10. The Balaban J connectivity index is 2.12. The van der Waals surface area contributed by atoms with Crippen molar-refractivity contribution in [2.24, 2.45) is 0 Å². The van der Waals surface area contributed by atoms with Crippen molar-refractivity contribution in [1.82, 2.24) is 4.98 Å². The number of hydrogen-bond donors (Lipinski definition) is 1. The van der Waals surface area contributed by atoms with E-state index >= 15 is 0 Å². The highest BCUT2D eigenvalue weighted by atomic mass is 16.5. The van der Waals surface area contributed by atoms with Crippen LogP contribution in [0, 0.1) is 11.3 Å². The van der Waals surface area contributed by atoms with Crippen molar-refractivity contribution in [1.29, 1.82) is 5.26 Å². The molecule has 0 radical (unpaired) electrons. The summed E-state index contributed by atoms with van der Waals surface area (Å²) in [6.07, 6.45) is 2.57. The van der Waals surface area contributed by atoms with Gasteiger partial charge in [-0.1, -0.05) is 19.1 Å². The fraction of sp³-hybridized carbons (Fsp3) is 0.200. The van der Waals surface area contributed by atoms with Crippen molar-refractivity contribution >= 4 is 22.3 Å². The van der Waals surface area contributed by atoms with E-state index in [-0.39, 0.29) is 0 Å². The second-order valence-electron chi connectivity index (χ2n) is 5.45. The van der Waals surface area contributed by atoms with Gasteiger partial charge < -0.3 is 10.1 Å². The first-order valence-corrected chi connectivity index (χ1v) is 8.06. The minimum Gasteiger partial charge on any atom is -0.494 e. The van der Waals surface area contributed by atoms with Crippen LogP contribution in [0.1, 0.15) is 25.0 Å². The molecule has 3 rings (SSSR count). The molecule has 0 aliphatic heterocycles. The van der Waals surface area contributed by atoms with Crippen LogP contribution in [0.2, 0.25) is 0 Å². The molecule has 0 atom stereocenters. The molecule has 0 amide bonds. The van der Waals surface area contributed by atoms with Crippen molar-refractivity contribution in [2.45, 2.75) is 20.3 Å². The Hall–Kier alpha value is -3.06. The standard InChI is InChI=1S/C20H19N3O/c1-3-14-6-5-7-16(10-14)23-20-15(12-21)13-22-19-9-8-17(24-4-2)11-18(19)20/h5-11,13H,3-4H2,1-2H3,(H,22,23). The van der Waals surface area contributed by atoms with E-state index < -0.39 is 0 Å². The monoisotopic (exact) mass is 317 g/mol. The van der Waals surface area contributed by atoms with E-state index in [9.17, 15) is 5.26 Å². The third kappa shape index (κ3) is 3.16. The Bertz CT molecular complexity index is 912. The molecule has 0 spiro atoms. The van der Waals surface area contributed by atoms with Crippen molar-refractivity contribution in [3.05, 3.63) is 59.8 Å². The maximum atomic E-state index is 9.47. The van der Waals surface area contributed by atoms with Gasteiger partial charge in [-0.2, -0.15) is 5.26 Å². The maximum absolute atomic E-state index is 9.47. The summed E-state index contributed by atoms with van der Waals surface area (Å²) < 4.78 is 5.59. The van der Waals surface area contributed by atoms with E-state index in [4.69, 9.17) is 4.74 Å². The molecule has 120 valence electrons. The Kier molecular flexibility index (Phi) is 4.62. The summed E-state index contributed by atoms with van der Waals surface area (Å²) in [5.74, 6) is 0.771. The van der Waals surface area contributed by atoms with Gasteiger partial charge in [0.25, 0.3) is 0 Å². The summed E-state index contributed by atoms with van der Waals surface area (Å²) in [7, 11) is 0. The molecule has 2 aromatic carbocycles. The first-order valence-electron chi connectivity index (χ1n) is 8.06. The molecule has 0 bridgehead atoms. The lowest BCUT2D eigenvalue weighted by molar-refractivity contribution is 0.340. The van der Waals surface area contributed by atoms with Crippen molar-refractivity contribution < 1.29 is 4.74 Å². The lowest BCUT2D eigenvalue weighted by atomic mass is 10.1. The second-order valence-corrected chi connectivity index (χ2v) is 5.45. The van der Waals surface area contributed by atoms with Crippen LogP contribution in [0.4, 0.5) is 11.4 Å². The van der Waals surface area contributed by atoms with Gasteiger partial charge in [0, 0.05) is 17.3 Å². The smallest absolute Gasteiger partial charge is 0.120 e. The van der Waals surface area contributed by atoms with E-state index in [1.807, 2.05) is 37.3 Å². The Morgan fingerprint density at radius 1 is 1.17 bits per heavy atom. The van der Waals surface area contributed by atoms with E-state index in [0.29, 0.717) is 12.2 Å². The van der Waals surface area contributed by atoms with Gasteiger partial charge >= 0.3 is 0 Å². The number of nitrogens with zero attached hydrogens (tertiary/aromatic N) is 2. The number of rotatable bonds is 5. The number of benzene rings is 2. The summed E-state index contributed by atoms with van der Waals surface area (Å²) >= 11 is 0. The number of pyridine rings is 1. The molecule has 0 unspecified atom stereocenters. The van der Waals surface area contributed by atoms with Gasteiger partial charge in [0.15, 0.2) is 0 Å². The lowest BCUT2D eigenvalue weighted by Crippen LogP contribution is -1.98. The van der Waals surface area contributed by atoms with E-state index in [2.05, 4.69) is 35.4 Å². The van der Waals surface area contributed by atoms with Gasteiger partial charge in [0.05, 0.1) is 23.4 Å². The number of anilines is 2. The third-order valence-electron chi connectivity index (χ3n) is 3.88. The molecule has 4 nitrogen and oxygen atoms in total. The zero-order valence-corrected chi connectivity index (χ0v) is 13.8. The molecule has 1 aromatic heterocycles. The van der Waals surface area contributed by atoms with Crippen LogP contribution in [0.25, 0.3) is 10.9 Å². The predicted octanol–water partition coefficient (Wildman–Crippen LogP) is 4.81. The van der Waals surface area contributed by atoms with Crippen LogP contribution in [-0.2, 0) is 6.42 Å². The molecule has 0 aliphatic carbocycles. The van der Waals surface area contributed by atoms with Crippen LogP contribution in [0.3, 0.4) is 0 Å². The minimum absolute atomic E-state index is 0.512. The first-order chi connectivity index (χ1) is 11.7. The average Bonchev–Trinajstić information content (AvgIpc) is 2.62. The van der Waals surface area contributed by atoms with Crippen LogP contribution in [-0.4, -0.2) is 11.6 Å². The first kappa shape index (κ1) is 15.8. The zero-order chi connectivity index (χ0) is 16.9. The van der Waals surface area contributed by atoms with E-state index in [1.54, 1.807) is 6.20 Å². The Labute approximate surface area is 141 Å². The number of fused-ring (bicyclic) bond motifs is 1. The molecule has 1 N–H and O–H groups in total. The Morgan fingerprint density at radius 2 is 2.04 bits per heavy atom. The summed E-state index contributed by atoms with van der Waals surface area (Å²) in [6.45, 7) is 4.66. The van der Waals surface area contributed by atoms with E-state index in [1.165, 1.54) is 5.56 Å². The van der Waals surface area contributed by atoms with Gasteiger partial charge in [0.2, 0.25) is 0 Å². The van der Waals surface area contributed by atoms with Crippen LogP contribution in [0.5, 0.6) is 5.75 Å². The third-order valence-corrected chi connectivity index (χ3v) is 3.88. The van der Waals surface area contributed by atoms with Crippen molar-refractivity contribution in [3.8, 4) is 11.8 Å². The molecule has 4 heteroatoms. The van der Waals surface area contributed by atoms with Crippen molar-refractivity contribution in [3.63, 3.8) is 0 Å². The number of aromatic nitrogens is 1. The molecule has 0 saturated carbocycles.